The second-order valence-electron chi connectivity index (χ2n) is 8.11. The monoisotopic (exact) mass is 529 g/mol. The number of hydrogen-bond donors (Lipinski definition) is 2. The van der Waals surface area contributed by atoms with Crippen LogP contribution in [0.1, 0.15) is 32.0 Å². The number of ether oxygens (including phenoxy) is 2. The molecule has 3 N–H and O–H groups in total. The Morgan fingerprint density at radius 1 is 1.16 bits per heavy atom. The van der Waals surface area contributed by atoms with Crippen molar-refractivity contribution in [2.75, 3.05) is 12.8 Å². The number of aromatic nitrogens is 3. The lowest BCUT2D eigenvalue weighted by Crippen LogP contribution is -2.08. The Balaban J connectivity index is 1.42. The average molecular weight is 530 g/mol. The Morgan fingerprint density at radius 3 is 2.71 bits per heavy atom. The normalized spacial score (nSPS) is 10.8. The van der Waals surface area contributed by atoms with Crippen molar-refractivity contribution >= 4 is 40.1 Å². The van der Waals surface area contributed by atoms with E-state index in [0.29, 0.717) is 22.2 Å². The van der Waals surface area contributed by atoms with Crippen LogP contribution in [0.25, 0.3) is 16.6 Å². The summed E-state index contributed by atoms with van der Waals surface area (Å²) in [6.07, 6.45) is 1.33. The van der Waals surface area contributed by atoms with Crippen LogP contribution in [0.4, 0.5) is 10.2 Å². The first-order valence-corrected chi connectivity index (χ1v) is 11.4. The van der Waals surface area contributed by atoms with Crippen molar-refractivity contribution in [2.24, 2.45) is 0 Å². The molecule has 0 fully saturated rings. The zero-order valence-electron chi connectivity index (χ0n) is 19.7. The SMILES string of the molecule is COC(=O)c1ccc2[nH]c(C(=O)c3cnn(-c4ccc(Oc5cccc(C#N)c5F)cc4Cl)c3N)cc2c1. The number of nitrogens with two attached hydrogens (primary N) is 1. The van der Waals surface area contributed by atoms with Crippen molar-refractivity contribution in [3.63, 3.8) is 0 Å². The van der Waals surface area contributed by atoms with Crippen molar-refractivity contribution in [1.82, 2.24) is 14.8 Å². The zero-order chi connectivity index (χ0) is 27.0. The van der Waals surface area contributed by atoms with Gasteiger partial charge in [-0.2, -0.15) is 10.4 Å². The number of nitriles is 1. The molecule has 0 radical (unpaired) electrons. The van der Waals surface area contributed by atoms with Gasteiger partial charge in [-0.15, -0.1) is 0 Å². The van der Waals surface area contributed by atoms with E-state index in [-0.39, 0.29) is 39.2 Å². The van der Waals surface area contributed by atoms with E-state index < -0.39 is 17.6 Å². The quantitative estimate of drug-likeness (QED) is 0.222. The van der Waals surface area contributed by atoms with E-state index in [1.807, 2.05) is 0 Å². The minimum atomic E-state index is -0.784. The number of esters is 1. The molecule has 0 saturated carbocycles. The molecule has 2 heterocycles. The molecule has 5 aromatic rings. The Kier molecular flexibility index (Phi) is 6.28. The van der Waals surface area contributed by atoms with Gasteiger partial charge in [0, 0.05) is 17.0 Å². The fraction of sp³-hybridized carbons (Fsp3) is 0.0370. The van der Waals surface area contributed by atoms with Gasteiger partial charge in [-0.1, -0.05) is 17.7 Å². The molecule has 0 aliphatic carbocycles. The molecule has 2 aromatic heterocycles. The molecule has 0 aliphatic rings. The molecule has 0 aliphatic heterocycles. The third kappa shape index (κ3) is 4.31. The topological polar surface area (TPSA) is 136 Å². The number of methoxy groups -OCH3 is 1. The van der Waals surface area contributed by atoms with E-state index in [2.05, 4.69) is 10.1 Å². The summed E-state index contributed by atoms with van der Waals surface area (Å²) in [4.78, 5) is 28.0. The zero-order valence-corrected chi connectivity index (χ0v) is 20.4. The predicted octanol–water partition coefficient (Wildman–Crippen LogP) is 5.41. The van der Waals surface area contributed by atoms with Gasteiger partial charge in [0.05, 0.1) is 46.4 Å². The Bertz CT molecular complexity index is 1790. The van der Waals surface area contributed by atoms with Gasteiger partial charge < -0.3 is 20.2 Å². The summed E-state index contributed by atoms with van der Waals surface area (Å²) in [5.41, 5.74) is 7.88. The molecule has 0 saturated heterocycles. The van der Waals surface area contributed by atoms with E-state index in [4.69, 9.17) is 32.1 Å². The third-order valence-corrected chi connectivity index (χ3v) is 6.10. The maximum Gasteiger partial charge on any atom is 0.337 e. The second-order valence-corrected chi connectivity index (χ2v) is 8.51. The van der Waals surface area contributed by atoms with Gasteiger partial charge in [-0.05, 0) is 48.5 Å². The van der Waals surface area contributed by atoms with Gasteiger partial charge in [-0.3, -0.25) is 4.79 Å². The van der Waals surface area contributed by atoms with E-state index in [0.717, 1.165) is 0 Å². The number of halogens is 2. The molecule has 5 rings (SSSR count). The number of rotatable bonds is 6. The number of ketones is 1. The van der Waals surface area contributed by atoms with Crippen LogP contribution < -0.4 is 10.5 Å². The summed E-state index contributed by atoms with van der Waals surface area (Å²) < 4.78 is 25.9. The van der Waals surface area contributed by atoms with Gasteiger partial charge in [0.2, 0.25) is 5.78 Å². The average Bonchev–Trinajstić information content (AvgIpc) is 3.52. The number of nitrogens with zero attached hydrogens (tertiary/aromatic N) is 3. The highest BCUT2D eigenvalue weighted by molar-refractivity contribution is 6.32. The Hall–Kier alpha value is -5.14. The van der Waals surface area contributed by atoms with Crippen LogP contribution in [0.15, 0.2) is 66.9 Å². The van der Waals surface area contributed by atoms with Gasteiger partial charge >= 0.3 is 5.97 Å². The third-order valence-electron chi connectivity index (χ3n) is 5.80. The van der Waals surface area contributed by atoms with E-state index in [9.17, 15) is 14.0 Å². The number of H-pyrrole nitrogens is 1. The lowest BCUT2D eigenvalue weighted by molar-refractivity contribution is 0.0600. The maximum atomic E-state index is 14.3. The fourth-order valence-electron chi connectivity index (χ4n) is 3.90. The number of hydrogen-bond acceptors (Lipinski definition) is 7. The van der Waals surface area contributed by atoms with E-state index in [1.165, 1.54) is 48.3 Å². The number of carbonyl (C=O) groups is 2. The van der Waals surface area contributed by atoms with E-state index in [1.54, 1.807) is 36.4 Å². The predicted molar refractivity (Wildman–Crippen MR) is 137 cm³/mol. The minimum Gasteiger partial charge on any atom is -0.465 e. The molecule has 0 unspecified atom stereocenters. The van der Waals surface area contributed by atoms with E-state index >= 15 is 0 Å². The van der Waals surface area contributed by atoms with Crippen molar-refractivity contribution in [1.29, 1.82) is 5.26 Å². The van der Waals surface area contributed by atoms with Gasteiger partial charge in [-0.25, -0.2) is 13.9 Å². The number of carbonyl (C=O) groups excluding carboxylic acids is 2. The largest absolute Gasteiger partial charge is 0.465 e. The molecule has 38 heavy (non-hydrogen) atoms. The molecule has 0 amide bonds. The molecule has 0 spiro atoms. The molecule has 3 aromatic carbocycles. The van der Waals surface area contributed by atoms with Crippen LogP contribution in [0.2, 0.25) is 5.02 Å². The molecule has 9 nitrogen and oxygen atoms in total. The van der Waals surface area contributed by atoms with Crippen LogP contribution in [0.5, 0.6) is 11.5 Å². The first kappa shape index (κ1) is 24.5. The Labute approximate surface area is 219 Å². The maximum absolute atomic E-state index is 14.3. The molecule has 188 valence electrons. The molecule has 0 bridgehead atoms. The molecule has 11 heteroatoms. The van der Waals surface area contributed by atoms with Crippen LogP contribution in [-0.4, -0.2) is 33.6 Å². The first-order valence-electron chi connectivity index (χ1n) is 11.1. The minimum absolute atomic E-state index is 0.0484. The summed E-state index contributed by atoms with van der Waals surface area (Å²) in [5.74, 6) is -1.54. The molecular weight excluding hydrogens is 513 g/mol. The lowest BCUT2D eigenvalue weighted by Gasteiger charge is -2.11. The van der Waals surface area contributed by atoms with Crippen molar-refractivity contribution in [2.45, 2.75) is 0 Å². The van der Waals surface area contributed by atoms with Gasteiger partial charge in [0.25, 0.3) is 0 Å². The van der Waals surface area contributed by atoms with Crippen molar-refractivity contribution < 1.29 is 23.5 Å². The van der Waals surface area contributed by atoms with Gasteiger partial charge in [0.15, 0.2) is 11.6 Å². The number of benzene rings is 3. The highest BCUT2D eigenvalue weighted by Gasteiger charge is 2.21. The molecular formula is C27H17ClFN5O4. The van der Waals surface area contributed by atoms with Crippen LogP contribution in [0, 0.1) is 17.1 Å². The van der Waals surface area contributed by atoms with Crippen molar-refractivity contribution in [3.8, 4) is 23.3 Å². The standard InChI is InChI=1S/C27H17ClFN5O4/c1-37-27(36)14-5-7-20-16(9-14)10-21(33-20)25(35)18-13-32-34(26(18)31)22-8-6-17(11-19(22)28)38-23-4-2-3-15(12-30)24(23)29/h2-11,13,33H,31H2,1H3. The van der Waals surface area contributed by atoms with Crippen LogP contribution in [-0.2, 0) is 4.74 Å². The fourth-order valence-corrected chi connectivity index (χ4v) is 4.15. The van der Waals surface area contributed by atoms with Crippen LogP contribution in [0.3, 0.4) is 0 Å². The number of anilines is 1. The summed E-state index contributed by atoms with van der Waals surface area (Å²) >= 11 is 6.44. The summed E-state index contributed by atoms with van der Waals surface area (Å²) in [6, 6.07) is 17.0. The summed E-state index contributed by atoms with van der Waals surface area (Å²) in [6.45, 7) is 0. The highest BCUT2D eigenvalue weighted by Crippen LogP contribution is 2.32. The number of nitrogens with one attached hydrogen (secondary N) is 1. The van der Waals surface area contributed by atoms with Gasteiger partial charge in [0.1, 0.15) is 17.6 Å². The lowest BCUT2D eigenvalue weighted by atomic mass is 10.1. The summed E-state index contributed by atoms with van der Waals surface area (Å²) in [7, 11) is 1.29. The van der Waals surface area contributed by atoms with Crippen LogP contribution >= 0.6 is 11.6 Å². The molecule has 0 atom stereocenters. The summed E-state index contributed by atoms with van der Waals surface area (Å²) in [5, 5.41) is 14.0. The highest BCUT2D eigenvalue weighted by atomic mass is 35.5. The number of fused-ring (bicyclic) bond motifs is 1. The second kappa shape index (κ2) is 9.72. The Morgan fingerprint density at radius 2 is 1.97 bits per heavy atom. The number of aromatic amines is 1. The van der Waals surface area contributed by atoms with Crippen molar-refractivity contribution in [3.05, 3.63) is 100 Å². The first-order chi connectivity index (χ1) is 18.3. The smallest absolute Gasteiger partial charge is 0.337 e. The number of nitrogen functional groups attached to an aromatic ring is 1.